The Hall–Kier alpha value is -1.09. The van der Waals surface area contributed by atoms with Crippen LogP contribution in [0, 0.1) is 5.41 Å². The van der Waals surface area contributed by atoms with Crippen molar-refractivity contribution in [3.05, 3.63) is 17.2 Å². The van der Waals surface area contributed by atoms with Crippen molar-refractivity contribution >= 4 is 17.3 Å². The van der Waals surface area contributed by atoms with Crippen molar-refractivity contribution in [2.45, 2.75) is 27.2 Å². The zero-order valence-corrected chi connectivity index (χ0v) is 11.9. The fraction of sp³-hybridized carbons (Fsp3) is 0.571. The summed E-state index contributed by atoms with van der Waals surface area (Å²) < 4.78 is 11.0. The minimum Gasteiger partial charge on any atom is -0.486 e. The second-order valence-corrected chi connectivity index (χ2v) is 6.12. The molecule has 0 saturated heterocycles. The highest BCUT2D eigenvalue weighted by atomic mass is 35.5. The molecule has 2 rings (SSSR count). The molecule has 0 amide bonds. The fourth-order valence-electron chi connectivity index (χ4n) is 1.77. The fourth-order valence-corrected chi connectivity index (χ4v) is 1.99. The van der Waals surface area contributed by atoms with Gasteiger partial charge in [-0.25, -0.2) is 0 Å². The molecule has 0 saturated carbocycles. The summed E-state index contributed by atoms with van der Waals surface area (Å²) in [6.07, 6.45) is 1.08. The minimum absolute atomic E-state index is 0.313. The van der Waals surface area contributed by atoms with Gasteiger partial charge in [-0.2, -0.15) is 0 Å². The Bertz CT molecular complexity index is 427. The van der Waals surface area contributed by atoms with E-state index in [1.165, 1.54) is 0 Å². The summed E-state index contributed by atoms with van der Waals surface area (Å²) in [7, 11) is 0. The molecule has 18 heavy (non-hydrogen) atoms. The second-order valence-electron chi connectivity index (χ2n) is 5.71. The molecule has 0 bridgehead atoms. The van der Waals surface area contributed by atoms with Crippen LogP contribution in [0.15, 0.2) is 12.1 Å². The molecule has 0 unspecified atom stereocenters. The molecular formula is C14H20ClNO2. The van der Waals surface area contributed by atoms with E-state index in [1.807, 2.05) is 12.1 Å². The molecule has 3 nitrogen and oxygen atoms in total. The first-order chi connectivity index (χ1) is 8.46. The quantitative estimate of drug-likeness (QED) is 0.901. The van der Waals surface area contributed by atoms with E-state index in [2.05, 4.69) is 26.1 Å². The van der Waals surface area contributed by atoms with Crippen molar-refractivity contribution in [1.29, 1.82) is 0 Å². The standard InChI is InChI=1S/C14H20ClNO2/c1-14(2,3)4-5-16-11-9-13-12(8-10(11)15)17-6-7-18-13/h8-9,16H,4-7H2,1-3H3. The van der Waals surface area contributed by atoms with Gasteiger partial charge in [0, 0.05) is 18.7 Å². The number of ether oxygens (including phenoxy) is 2. The Morgan fingerprint density at radius 3 is 2.39 bits per heavy atom. The lowest BCUT2D eigenvalue weighted by Crippen LogP contribution is -2.16. The molecule has 0 aromatic heterocycles. The number of anilines is 1. The van der Waals surface area contributed by atoms with Gasteiger partial charge in [0.25, 0.3) is 0 Å². The van der Waals surface area contributed by atoms with Crippen LogP contribution in [0.3, 0.4) is 0 Å². The number of nitrogens with one attached hydrogen (secondary N) is 1. The molecule has 0 fully saturated rings. The third-order valence-electron chi connectivity index (χ3n) is 2.82. The largest absolute Gasteiger partial charge is 0.486 e. The van der Waals surface area contributed by atoms with Gasteiger partial charge in [0.05, 0.1) is 10.7 Å². The number of hydrogen-bond donors (Lipinski definition) is 1. The van der Waals surface area contributed by atoms with E-state index in [4.69, 9.17) is 21.1 Å². The van der Waals surface area contributed by atoms with Gasteiger partial charge in [0.2, 0.25) is 0 Å². The molecule has 1 N–H and O–H groups in total. The smallest absolute Gasteiger partial charge is 0.163 e. The van der Waals surface area contributed by atoms with Gasteiger partial charge < -0.3 is 14.8 Å². The first kappa shape index (κ1) is 13.3. The lowest BCUT2D eigenvalue weighted by Gasteiger charge is -2.22. The summed E-state index contributed by atoms with van der Waals surface area (Å²) >= 11 is 6.21. The molecule has 0 atom stereocenters. The number of rotatable bonds is 3. The van der Waals surface area contributed by atoms with Crippen LogP contribution in [0.4, 0.5) is 5.69 Å². The Balaban J connectivity index is 2.04. The molecule has 1 aliphatic heterocycles. The zero-order valence-electron chi connectivity index (χ0n) is 11.2. The van der Waals surface area contributed by atoms with Crippen LogP contribution in [-0.4, -0.2) is 19.8 Å². The minimum atomic E-state index is 0.313. The zero-order chi connectivity index (χ0) is 13.2. The lowest BCUT2D eigenvalue weighted by atomic mass is 9.92. The molecule has 0 spiro atoms. The predicted octanol–water partition coefficient (Wildman–Crippen LogP) is 3.96. The highest BCUT2D eigenvalue weighted by Crippen LogP contribution is 2.38. The molecule has 100 valence electrons. The Labute approximate surface area is 113 Å². The third-order valence-corrected chi connectivity index (χ3v) is 3.14. The maximum Gasteiger partial charge on any atom is 0.163 e. The van der Waals surface area contributed by atoms with E-state index in [9.17, 15) is 0 Å². The molecule has 4 heteroatoms. The summed E-state index contributed by atoms with van der Waals surface area (Å²) in [5, 5.41) is 4.03. The average molecular weight is 270 g/mol. The van der Waals surface area contributed by atoms with Crippen LogP contribution >= 0.6 is 11.6 Å². The highest BCUT2D eigenvalue weighted by Gasteiger charge is 2.15. The summed E-state index contributed by atoms with van der Waals surface area (Å²) in [6.45, 7) is 8.74. The van der Waals surface area contributed by atoms with Gasteiger partial charge in [-0.15, -0.1) is 0 Å². The van der Waals surface area contributed by atoms with Crippen LogP contribution in [0.1, 0.15) is 27.2 Å². The van der Waals surface area contributed by atoms with Gasteiger partial charge in [-0.05, 0) is 11.8 Å². The van der Waals surface area contributed by atoms with E-state index in [-0.39, 0.29) is 0 Å². The van der Waals surface area contributed by atoms with Gasteiger partial charge in [0.15, 0.2) is 11.5 Å². The number of hydrogen-bond acceptors (Lipinski definition) is 3. The predicted molar refractivity (Wildman–Crippen MR) is 75.0 cm³/mol. The van der Waals surface area contributed by atoms with Crippen LogP contribution in [0.5, 0.6) is 11.5 Å². The van der Waals surface area contributed by atoms with Crippen molar-refractivity contribution in [1.82, 2.24) is 0 Å². The van der Waals surface area contributed by atoms with E-state index < -0.39 is 0 Å². The molecule has 1 aromatic rings. The lowest BCUT2D eigenvalue weighted by molar-refractivity contribution is 0.171. The van der Waals surface area contributed by atoms with E-state index in [0.29, 0.717) is 23.7 Å². The number of halogens is 1. The highest BCUT2D eigenvalue weighted by molar-refractivity contribution is 6.33. The first-order valence-electron chi connectivity index (χ1n) is 6.29. The maximum absolute atomic E-state index is 6.21. The van der Waals surface area contributed by atoms with Crippen molar-refractivity contribution in [3.8, 4) is 11.5 Å². The first-order valence-corrected chi connectivity index (χ1v) is 6.66. The van der Waals surface area contributed by atoms with Gasteiger partial charge in [-0.3, -0.25) is 0 Å². The number of fused-ring (bicyclic) bond motifs is 1. The monoisotopic (exact) mass is 269 g/mol. The SMILES string of the molecule is CC(C)(C)CCNc1cc2c(cc1Cl)OCCO2. The third kappa shape index (κ3) is 3.45. The van der Waals surface area contributed by atoms with Crippen molar-refractivity contribution < 1.29 is 9.47 Å². The van der Waals surface area contributed by atoms with Crippen LogP contribution < -0.4 is 14.8 Å². The van der Waals surface area contributed by atoms with Gasteiger partial charge in [-0.1, -0.05) is 32.4 Å². The van der Waals surface area contributed by atoms with Gasteiger partial charge >= 0.3 is 0 Å². The normalized spacial score (nSPS) is 14.4. The van der Waals surface area contributed by atoms with Crippen molar-refractivity contribution in [2.75, 3.05) is 25.1 Å². The topological polar surface area (TPSA) is 30.5 Å². The molecule has 0 aliphatic carbocycles. The van der Waals surface area contributed by atoms with Crippen LogP contribution in [-0.2, 0) is 0 Å². The summed E-state index contributed by atoms with van der Waals surface area (Å²) in [5.74, 6) is 1.50. The Kier molecular flexibility index (Phi) is 3.91. The molecule has 0 radical (unpaired) electrons. The van der Waals surface area contributed by atoms with Crippen LogP contribution in [0.2, 0.25) is 5.02 Å². The molecule has 1 aromatic carbocycles. The summed E-state index contributed by atoms with van der Waals surface area (Å²) in [4.78, 5) is 0. The summed E-state index contributed by atoms with van der Waals surface area (Å²) in [6, 6.07) is 3.73. The molecule has 1 heterocycles. The molecule has 1 aliphatic rings. The van der Waals surface area contributed by atoms with Gasteiger partial charge in [0.1, 0.15) is 13.2 Å². The Morgan fingerprint density at radius 2 is 1.78 bits per heavy atom. The second kappa shape index (κ2) is 5.27. The van der Waals surface area contributed by atoms with E-state index in [0.717, 1.165) is 30.2 Å². The Morgan fingerprint density at radius 1 is 1.17 bits per heavy atom. The summed E-state index contributed by atoms with van der Waals surface area (Å²) in [5.41, 5.74) is 1.22. The average Bonchev–Trinajstić information content (AvgIpc) is 2.28. The number of benzene rings is 1. The van der Waals surface area contributed by atoms with Crippen molar-refractivity contribution in [2.24, 2.45) is 5.41 Å². The molecular weight excluding hydrogens is 250 g/mol. The maximum atomic E-state index is 6.21. The van der Waals surface area contributed by atoms with E-state index >= 15 is 0 Å². The van der Waals surface area contributed by atoms with E-state index in [1.54, 1.807) is 0 Å². The van der Waals surface area contributed by atoms with Crippen molar-refractivity contribution in [3.63, 3.8) is 0 Å². The van der Waals surface area contributed by atoms with Crippen LogP contribution in [0.25, 0.3) is 0 Å².